The molecule has 0 saturated heterocycles. The molecule has 8 heteroatoms. The molecule has 28 heavy (non-hydrogen) atoms. The van der Waals surface area contributed by atoms with Crippen LogP contribution in [0, 0.1) is 13.8 Å². The fourth-order valence-electron chi connectivity index (χ4n) is 2.75. The first-order chi connectivity index (χ1) is 13.4. The summed E-state index contributed by atoms with van der Waals surface area (Å²) >= 11 is 1.43. The van der Waals surface area contributed by atoms with Crippen LogP contribution in [0.1, 0.15) is 27.4 Å². The molecule has 7 nitrogen and oxygen atoms in total. The maximum atomic E-state index is 12.4. The van der Waals surface area contributed by atoms with Crippen LogP contribution in [0.2, 0.25) is 0 Å². The highest BCUT2D eigenvalue weighted by atomic mass is 32.1. The van der Waals surface area contributed by atoms with Crippen LogP contribution in [-0.4, -0.2) is 25.2 Å². The lowest BCUT2D eigenvalue weighted by molar-refractivity contribution is 0.0463. The van der Waals surface area contributed by atoms with Gasteiger partial charge in [0, 0.05) is 17.0 Å². The number of benzene rings is 1. The second kappa shape index (κ2) is 8.26. The van der Waals surface area contributed by atoms with Gasteiger partial charge in [0.15, 0.2) is 11.5 Å². The van der Waals surface area contributed by atoms with Gasteiger partial charge < -0.3 is 18.6 Å². The van der Waals surface area contributed by atoms with E-state index in [2.05, 4.69) is 4.98 Å². The Kier molecular flexibility index (Phi) is 5.79. The minimum absolute atomic E-state index is 0.0145. The maximum absolute atomic E-state index is 12.4. The van der Waals surface area contributed by atoms with Gasteiger partial charge in [-0.25, -0.2) is 14.6 Å². The molecule has 146 valence electrons. The van der Waals surface area contributed by atoms with E-state index in [0.717, 1.165) is 10.6 Å². The molecule has 0 spiro atoms. The molecule has 0 fully saturated rings. The molecule has 0 bridgehead atoms. The highest BCUT2D eigenvalue weighted by molar-refractivity contribution is 7.13. The molecule has 0 aliphatic carbocycles. The molecule has 0 amide bonds. The fourth-order valence-corrected chi connectivity index (χ4v) is 3.55. The summed E-state index contributed by atoms with van der Waals surface area (Å²) in [5, 5.41) is 2.59. The Morgan fingerprint density at radius 3 is 2.57 bits per heavy atom. The smallest absolute Gasteiger partial charge is 0.342 e. The monoisotopic (exact) mass is 401 g/mol. The summed E-state index contributed by atoms with van der Waals surface area (Å²) in [6.45, 7) is 3.24. The molecule has 3 aromatic rings. The largest absolute Gasteiger partial charge is 0.493 e. The van der Waals surface area contributed by atoms with Gasteiger partial charge in [-0.2, -0.15) is 0 Å². The quantitative estimate of drug-likeness (QED) is 0.581. The van der Waals surface area contributed by atoms with Crippen LogP contribution in [0.3, 0.4) is 0 Å². The standard InChI is InChI=1S/C20H19NO6S/c1-11-7-17(22)27-12(2)18(11)20(23)26-9-14-10-28-19(21-14)13-5-6-15(24-3)16(8-13)25-4/h5-8,10H,9H2,1-4H3. The number of esters is 1. The third kappa shape index (κ3) is 4.07. The third-order valence-electron chi connectivity index (χ3n) is 4.07. The highest BCUT2D eigenvalue weighted by Gasteiger charge is 2.17. The van der Waals surface area contributed by atoms with Crippen molar-refractivity contribution in [1.29, 1.82) is 0 Å². The van der Waals surface area contributed by atoms with Crippen molar-refractivity contribution in [2.24, 2.45) is 0 Å². The van der Waals surface area contributed by atoms with Gasteiger partial charge in [0.05, 0.1) is 19.9 Å². The van der Waals surface area contributed by atoms with Crippen molar-refractivity contribution in [3.05, 3.63) is 62.6 Å². The average molecular weight is 401 g/mol. The molecule has 2 heterocycles. The van der Waals surface area contributed by atoms with Crippen LogP contribution in [0.25, 0.3) is 10.6 Å². The van der Waals surface area contributed by atoms with Gasteiger partial charge in [0.25, 0.3) is 0 Å². The first-order valence-corrected chi connectivity index (χ1v) is 9.26. The number of nitrogens with zero attached hydrogens (tertiary/aromatic N) is 1. The average Bonchev–Trinajstić information content (AvgIpc) is 3.14. The number of hydrogen-bond acceptors (Lipinski definition) is 8. The number of thiazole rings is 1. The number of carbonyl (C=O) groups is 1. The SMILES string of the molecule is COc1ccc(-c2nc(COC(=O)c3c(C)cc(=O)oc3C)cs2)cc1OC. The Morgan fingerprint density at radius 2 is 1.89 bits per heavy atom. The number of methoxy groups -OCH3 is 2. The molecular weight excluding hydrogens is 382 g/mol. The topological polar surface area (TPSA) is 87.9 Å². The zero-order valence-corrected chi connectivity index (χ0v) is 16.7. The Labute approximate surface area is 165 Å². The van der Waals surface area contributed by atoms with Crippen molar-refractivity contribution >= 4 is 17.3 Å². The predicted octanol–water partition coefficient (Wildman–Crippen LogP) is 3.75. The molecule has 0 aliphatic rings. The minimum atomic E-state index is -0.556. The predicted molar refractivity (Wildman–Crippen MR) is 104 cm³/mol. The lowest BCUT2D eigenvalue weighted by Gasteiger charge is -2.08. The number of rotatable bonds is 6. The molecular formula is C20H19NO6S. The van der Waals surface area contributed by atoms with E-state index in [4.69, 9.17) is 18.6 Å². The molecule has 0 aliphatic heterocycles. The molecule has 0 saturated carbocycles. The van der Waals surface area contributed by atoms with E-state index in [1.807, 2.05) is 23.6 Å². The van der Waals surface area contributed by atoms with Crippen LogP contribution in [0.4, 0.5) is 0 Å². The van der Waals surface area contributed by atoms with Crippen molar-refractivity contribution in [3.8, 4) is 22.1 Å². The van der Waals surface area contributed by atoms with Crippen LogP contribution in [0.15, 0.2) is 38.9 Å². The second-order valence-electron chi connectivity index (χ2n) is 5.97. The van der Waals surface area contributed by atoms with Gasteiger partial charge in [0.2, 0.25) is 0 Å². The normalized spacial score (nSPS) is 10.6. The summed E-state index contributed by atoms with van der Waals surface area (Å²) < 4.78 is 20.9. The van der Waals surface area contributed by atoms with Gasteiger partial charge in [-0.15, -0.1) is 11.3 Å². The lowest BCUT2D eigenvalue weighted by atomic mass is 10.1. The van der Waals surface area contributed by atoms with E-state index in [0.29, 0.717) is 22.8 Å². The van der Waals surface area contributed by atoms with E-state index in [1.165, 1.54) is 17.4 Å². The summed E-state index contributed by atoms with van der Waals surface area (Å²) in [7, 11) is 3.15. The number of aromatic nitrogens is 1. The van der Waals surface area contributed by atoms with E-state index < -0.39 is 11.6 Å². The fraction of sp³-hybridized carbons (Fsp3) is 0.250. The van der Waals surface area contributed by atoms with Gasteiger partial charge >= 0.3 is 11.6 Å². The highest BCUT2D eigenvalue weighted by Crippen LogP contribution is 2.33. The van der Waals surface area contributed by atoms with E-state index in [9.17, 15) is 9.59 Å². The molecule has 3 rings (SSSR count). The van der Waals surface area contributed by atoms with Crippen molar-refractivity contribution in [1.82, 2.24) is 4.98 Å². The van der Waals surface area contributed by atoms with Crippen LogP contribution >= 0.6 is 11.3 Å². The van der Waals surface area contributed by atoms with Gasteiger partial charge in [0.1, 0.15) is 22.9 Å². The molecule has 1 aromatic carbocycles. The summed E-state index contributed by atoms with van der Waals surface area (Å²) in [6, 6.07) is 6.80. The first-order valence-electron chi connectivity index (χ1n) is 8.38. The van der Waals surface area contributed by atoms with Crippen molar-refractivity contribution in [2.45, 2.75) is 20.5 Å². The Morgan fingerprint density at radius 1 is 1.14 bits per heavy atom. The molecule has 0 unspecified atom stereocenters. The van der Waals surface area contributed by atoms with Gasteiger partial charge in [-0.05, 0) is 37.6 Å². The summed E-state index contributed by atoms with van der Waals surface area (Å²) in [5.41, 5.74) is 1.77. The van der Waals surface area contributed by atoms with Crippen molar-refractivity contribution in [2.75, 3.05) is 14.2 Å². The number of hydrogen-bond donors (Lipinski definition) is 0. The minimum Gasteiger partial charge on any atom is -0.493 e. The molecule has 0 atom stereocenters. The summed E-state index contributed by atoms with van der Waals surface area (Å²) in [6.07, 6.45) is 0. The molecule has 0 radical (unpaired) electrons. The molecule has 2 aromatic heterocycles. The summed E-state index contributed by atoms with van der Waals surface area (Å²) in [5.74, 6) is 0.927. The van der Waals surface area contributed by atoms with Gasteiger partial charge in [-0.1, -0.05) is 0 Å². The van der Waals surface area contributed by atoms with Crippen LogP contribution in [-0.2, 0) is 11.3 Å². The Bertz CT molecular complexity index is 1040. The van der Waals surface area contributed by atoms with Gasteiger partial charge in [-0.3, -0.25) is 0 Å². The van der Waals surface area contributed by atoms with Crippen molar-refractivity contribution in [3.63, 3.8) is 0 Å². The van der Waals surface area contributed by atoms with Crippen LogP contribution < -0.4 is 15.1 Å². The first kappa shape index (κ1) is 19.6. The van der Waals surface area contributed by atoms with Crippen LogP contribution in [0.5, 0.6) is 11.5 Å². The number of ether oxygens (including phenoxy) is 3. The third-order valence-corrected chi connectivity index (χ3v) is 5.01. The van der Waals surface area contributed by atoms with E-state index >= 15 is 0 Å². The maximum Gasteiger partial charge on any atom is 0.342 e. The zero-order chi connectivity index (χ0) is 20.3. The van der Waals surface area contributed by atoms with E-state index in [-0.39, 0.29) is 17.9 Å². The number of aryl methyl sites for hydroxylation is 2. The number of carbonyl (C=O) groups excluding carboxylic acids is 1. The Balaban J connectivity index is 1.74. The zero-order valence-electron chi connectivity index (χ0n) is 15.9. The van der Waals surface area contributed by atoms with E-state index in [1.54, 1.807) is 28.1 Å². The molecule has 0 N–H and O–H groups in total. The van der Waals surface area contributed by atoms with Crippen molar-refractivity contribution < 1.29 is 23.4 Å². The lowest BCUT2D eigenvalue weighted by Crippen LogP contribution is -2.12. The Hall–Kier alpha value is -3.13. The summed E-state index contributed by atoms with van der Waals surface area (Å²) in [4.78, 5) is 28.2. The second-order valence-corrected chi connectivity index (χ2v) is 6.83.